The topological polar surface area (TPSA) is 66.5 Å². The van der Waals surface area contributed by atoms with Gasteiger partial charge in [0.25, 0.3) is 0 Å². The van der Waals surface area contributed by atoms with E-state index in [4.69, 9.17) is 0 Å². The summed E-state index contributed by atoms with van der Waals surface area (Å²) < 4.78 is 49.0. The predicted molar refractivity (Wildman–Crippen MR) is 68.5 cm³/mol. The zero-order chi connectivity index (χ0) is 14.9. The molecule has 20 heavy (non-hydrogen) atoms. The minimum atomic E-state index is -3.23. The molecule has 2 rings (SSSR count). The standard InChI is InChI=1S/C12H14F2N2O3S/c1-20(18,19)5-4-16-11(17)7-15-12(16)9-3-2-8(13)6-10(9)14/h2-3,6,12,15H,4-5,7H2,1H3. The molecule has 1 heterocycles. The SMILES string of the molecule is CS(=O)(=O)CCN1C(=O)CNC1c1ccc(F)cc1F. The molecule has 1 fully saturated rings. The first kappa shape index (κ1) is 14.9. The van der Waals surface area contributed by atoms with E-state index in [1.165, 1.54) is 11.0 Å². The van der Waals surface area contributed by atoms with E-state index >= 15 is 0 Å². The first-order valence-corrected chi connectivity index (χ1v) is 7.99. The summed E-state index contributed by atoms with van der Waals surface area (Å²) in [5, 5.41) is 2.79. The Labute approximate surface area is 115 Å². The lowest BCUT2D eigenvalue weighted by Crippen LogP contribution is -2.34. The largest absolute Gasteiger partial charge is 0.321 e. The Hall–Kier alpha value is -1.54. The number of benzene rings is 1. The highest BCUT2D eigenvalue weighted by atomic mass is 32.2. The van der Waals surface area contributed by atoms with Gasteiger partial charge in [-0.2, -0.15) is 0 Å². The first-order chi connectivity index (χ1) is 9.28. The average Bonchev–Trinajstić information content (AvgIpc) is 2.67. The number of nitrogens with one attached hydrogen (secondary N) is 1. The maximum absolute atomic E-state index is 13.7. The fraction of sp³-hybridized carbons (Fsp3) is 0.417. The van der Waals surface area contributed by atoms with E-state index in [1.54, 1.807) is 0 Å². The van der Waals surface area contributed by atoms with Crippen LogP contribution in [0, 0.1) is 11.6 Å². The zero-order valence-electron chi connectivity index (χ0n) is 10.8. The number of carbonyl (C=O) groups excluding carboxylic acids is 1. The van der Waals surface area contributed by atoms with Crippen molar-refractivity contribution in [2.24, 2.45) is 0 Å². The van der Waals surface area contributed by atoms with Crippen LogP contribution in [0.25, 0.3) is 0 Å². The van der Waals surface area contributed by atoms with Crippen LogP contribution in [0.15, 0.2) is 18.2 Å². The van der Waals surface area contributed by atoms with Crippen molar-refractivity contribution in [1.82, 2.24) is 10.2 Å². The fourth-order valence-corrected chi connectivity index (χ4v) is 2.59. The highest BCUT2D eigenvalue weighted by molar-refractivity contribution is 7.90. The number of halogens is 2. The van der Waals surface area contributed by atoms with E-state index in [-0.39, 0.29) is 30.3 Å². The summed E-state index contributed by atoms with van der Waals surface area (Å²) in [5.74, 6) is -2.01. The number of hydrogen-bond donors (Lipinski definition) is 1. The van der Waals surface area contributed by atoms with Crippen molar-refractivity contribution in [3.05, 3.63) is 35.4 Å². The molecule has 0 saturated carbocycles. The summed E-state index contributed by atoms with van der Waals surface area (Å²) in [6, 6.07) is 3.07. The zero-order valence-corrected chi connectivity index (χ0v) is 11.6. The van der Waals surface area contributed by atoms with Crippen molar-refractivity contribution >= 4 is 15.7 Å². The van der Waals surface area contributed by atoms with Crippen molar-refractivity contribution < 1.29 is 22.0 Å². The second-order valence-corrected chi connectivity index (χ2v) is 6.93. The number of nitrogens with zero attached hydrogens (tertiary/aromatic N) is 1. The van der Waals surface area contributed by atoms with E-state index in [2.05, 4.69) is 5.32 Å². The highest BCUT2D eigenvalue weighted by Gasteiger charge is 2.33. The maximum Gasteiger partial charge on any atom is 0.238 e. The molecule has 0 radical (unpaired) electrons. The van der Waals surface area contributed by atoms with Crippen molar-refractivity contribution in [1.29, 1.82) is 0 Å². The van der Waals surface area contributed by atoms with Crippen molar-refractivity contribution in [3.8, 4) is 0 Å². The van der Waals surface area contributed by atoms with E-state index in [0.717, 1.165) is 18.4 Å². The maximum atomic E-state index is 13.7. The lowest BCUT2D eigenvalue weighted by atomic mass is 10.1. The Morgan fingerprint density at radius 3 is 2.70 bits per heavy atom. The number of sulfone groups is 1. The van der Waals surface area contributed by atoms with Crippen LogP contribution in [0.3, 0.4) is 0 Å². The smallest absolute Gasteiger partial charge is 0.238 e. The molecular formula is C12H14F2N2O3S. The van der Waals surface area contributed by atoms with Crippen LogP contribution < -0.4 is 5.32 Å². The summed E-state index contributed by atoms with van der Waals surface area (Å²) in [6.45, 7) is -0.0443. The van der Waals surface area contributed by atoms with Gasteiger partial charge in [-0.25, -0.2) is 17.2 Å². The first-order valence-electron chi connectivity index (χ1n) is 5.93. The third-order valence-electron chi connectivity index (χ3n) is 3.04. The van der Waals surface area contributed by atoms with Gasteiger partial charge in [0.05, 0.1) is 12.3 Å². The third-order valence-corrected chi connectivity index (χ3v) is 3.96. The third kappa shape index (κ3) is 3.31. The predicted octanol–water partition coefficient (Wildman–Crippen LogP) is 0.440. The molecule has 1 unspecified atom stereocenters. The average molecular weight is 304 g/mol. The van der Waals surface area contributed by atoms with Crippen LogP contribution in [-0.4, -0.2) is 44.3 Å². The lowest BCUT2D eigenvalue weighted by Gasteiger charge is -2.24. The van der Waals surface area contributed by atoms with Crippen molar-refractivity contribution in [2.45, 2.75) is 6.17 Å². The van der Waals surface area contributed by atoms with Crippen LogP contribution >= 0.6 is 0 Å². The Balaban J connectivity index is 2.23. The molecule has 1 amide bonds. The monoisotopic (exact) mass is 304 g/mol. The molecule has 1 N–H and O–H groups in total. The molecule has 0 aliphatic carbocycles. The summed E-state index contributed by atoms with van der Waals surface area (Å²) >= 11 is 0. The van der Waals surface area contributed by atoms with Gasteiger partial charge in [0, 0.05) is 24.4 Å². The number of amides is 1. The molecule has 1 aromatic carbocycles. The highest BCUT2D eigenvalue weighted by Crippen LogP contribution is 2.25. The minimum Gasteiger partial charge on any atom is -0.321 e. The van der Waals surface area contributed by atoms with Gasteiger partial charge in [0.2, 0.25) is 5.91 Å². The molecular weight excluding hydrogens is 290 g/mol. The van der Waals surface area contributed by atoms with Crippen LogP contribution in [0.2, 0.25) is 0 Å². The second-order valence-electron chi connectivity index (χ2n) is 4.67. The number of carbonyl (C=O) groups is 1. The van der Waals surface area contributed by atoms with Gasteiger partial charge in [0.1, 0.15) is 27.6 Å². The molecule has 1 aromatic rings. The Morgan fingerprint density at radius 1 is 1.40 bits per heavy atom. The Morgan fingerprint density at radius 2 is 2.10 bits per heavy atom. The second kappa shape index (κ2) is 5.45. The molecule has 1 saturated heterocycles. The molecule has 110 valence electrons. The van der Waals surface area contributed by atoms with E-state index in [9.17, 15) is 22.0 Å². The van der Waals surface area contributed by atoms with Crippen LogP contribution in [0.1, 0.15) is 11.7 Å². The van der Waals surface area contributed by atoms with Crippen LogP contribution in [0.4, 0.5) is 8.78 Å². The van der Waals surface area contributed by atoms with Gasteiger partial charge in [0.15, 0.2) is 0 Å². The Bertz CT molecular complexity index is 634. The molecule has 1 aliphatic heterocycles. The molecule has 0 spiro atoms. The molecule has 1 atom stereocenters. The van der Waals surface area contributed by atoms with Gasteiger partial charge in [-0.3, -0.25) is 10.1 Å². The molecule has 0 bridgehead atoms. The summed E-state index contributed by atoms with van der Waals surface area (Å²) in [4.78, 5) is 13.0. The van der Waals surface area contributed by atoms with Gasteiger partial charge >= 0.3 is 0 Å². The number of rotatable bonds is 4. The van der Waals surface area contributed by atoms with E-state index in [0.29, 0.717) is 0 Å². The number of hydrogen-bond acceptors (Lipinski definition) is 4. The normalized spacial score (nSPS) is 19.6. The van der Waals surface area contributed by atoms with Gasteiger partial charge < -0.3 is 4.90 Å². The van der Waals surface area contributed by atoms with Gasteiger partial charge in [-0.15, -0.1) is 0 Å². The fourth-order valence-electron chi connectivity index (χ4n) is 2.06. The van der Waals surface area contributed by atoms with Gasteiger partial charge in [-0.05, 0) is 12.1 Å². The minimum absolute atomic E-state index is 0.00869. The summed E-state index contributed by atoms with van der Waals surface area (Å²) in [5.41, 5.74) is 0.116. The molecule has 5 nitrogen and oxygen atoms in total. The van der Waals surface area contributed by atoms with Gasteiger partial charge in [-0.1, -0.05) is 0 Å². The van der Waals surface area contributed by atoms with E-state index < -0.39 is 27.6 Å². The quantitative estimate of drug-likeness (QED) is 0.876. The molecule has 0 aromatic heterocycles. The Kier molecular flexibility index (Phi) is 4.05. The summed E-state index contributed by atoms with van der Waals surface area (Å²) in [6.07, 6.45) is 0.291. The van der Waals surface area contributed by atoms with Crippen LogP contribution in [0.5, 0.6) is 0 Å². The van der Waals surface area contributed by atoms with Crippen LogP contribution in [-0.2, 0) is 14.6 Å². The van der Waals surface area contributed by atoms with Crippen molar-refractivity contribution in [2.75, 3.05) is 25.1 Å². The molecule has 8 heteroatoms. The lowest BCUT2D eigenvalue weighted by molar-refractivity contribution is -0.127. The van der Waals surface area contributed by atoms with Crippen molar-refractivity contribution in [3.63, 3.8) is 0 Å². The molecule has 1 aliphatic rings. The summed E-state index contributed by atoms with van der Waals surface area (Å²) in [7, 11) is -3.23. The van der Waals surface area contributed by atoms with E-state index in [1.807, 2.05) is 0 Å².